The number of esters is 1. The Labute approximate surface area is 142 Å². The Morgan fingerprint density at radius 2 is 2.09 bits per heavy atom. The van der Waals surface area contributed by atoms with Crippen LogP contribution in [0.2, 0.25) is 0 Å². The summed E-state index contributed by atoms with van der Waals surface area (Å²) >= 11 is 1.74. The highest BCUT2D eigenvalue weighted by atomic mass is 32.2. The van der Waals surface area contributed by atoms with E-state index < -0.39 is 0 Å². The van der Waals surface area contributed by atoms with Crippen LogP contribution in [0, 0.1) is 11.8 Å². The van der Waals surface area contributed by atoms with Gasteiger partial charge in [0.2, 0.25) is 0 Å². The number of rotatable bonds is 4. The van der Waals surface area contributed by atoms with Crippen LogP contribution in [0.5, 0.6) is 0 Å². The van der Waals surface area contributed by atoms with Crippen molar-refractivity contribution >= 4 is 23.7 Å². The van der Waals surface area contributed by atoms with E-state index in [9.17, 15) is 4.79 Å². The largest absolute Gasteiger partial charge is 0.469 e. The molecule has 1 fully saturated rings. The van der Waals surface area contributed by atoms with Gasteiger partial charge in [-0.25, -0.2) is 0 Å². The summed E-state index contributed by atoms with van der Waals surface area (Å²) in [6.07, 6.45) is 2.07. The molecule has 1 saturated heterocycles. The Bertz CT molecular complexity index is 559. The first kappa shape index (κ1) is 17.7. The van der Waals surface area contributed by atoms with Gasteiger partial charge in [-0.2, -0.15) is 0 Å². The van der Waals surface area contributed by atoms with Crippen LogP contribution < -0.4 is 5.32 Å². The van der Waals surface area contributed by atoms with Crippen molar-refractivity contribution in [2.75, 3.05) is 33.5 Å². The Balaban J connectivity index is 1.94. The molecule has 23 heavy (non-hydrogen) atoms. The van der Waals surface area contributed by atoms with Crippen LogP contribution >= 0.6 is 11.8 Å². The molecule has 2 atom stereocenters. The molecule has 2 unspecified atom stereocenters. The predicted molar refractivity (Wildman–Crippen MR) is 94.7 cm³/mol. The summed E-state index contributed by atoms with van der Waals surface area (Å²) in [5, 5.41) is 3.38. The summed E-state index contributed by atoms with van der Waals surface area (Å²) in [6, 6.07) is 8.48. The van der Waals surface area contributed by atoms with E-state index in [1.165, 1.54) is 17.6 Å². The molecule has 0 amide bonds. The van der Waals surface area contributed by atoms with E-state index in [1.807, 2.05) is 0 Å². The first-order chi connectivity index (χ1) is 11.1. The molecule has 1 aromatic rings. The van der Waals surface area contributed by atoms with Crippen molar-refractivity contribution in [3.05, 3.63) is 29.8 Å². The van der Waals surface area contributed by atoms with Gasteiger partial charge in [0.15, 0.2) is 5.96 Å². The number of hydrogen-bond acceptors (Lipinski definition) is 4. The number of benzene rings is 1. The van der Waals surface area contributed by atoms with E-state index in [-0.39, 0.29) is 17.8 Å². The Kier molecular flexibility index (Phi) is 6.33. The van der Waals surface area contributed by atoms with Gasteiger partial charge in [-0.05, 0) is 29.9 Å². The van der Waals surface area contributed by atoms with Gasteiger partial charge >= 0.3 is 5.97 Å². The number of thioether (sulfide) groups is 1. The molecule has 1 N–H and O–H groups in total. The molecule has 1 aliphatic heterocycles. The maximum Gasteiger partial charge on any atom is 0.310 e. The summed E-state index contributed by atoms with van der Waals surface area (Å²) in [5.41, 5.74) is 1.21. The number of guanidine groups is 1. The summed E-state index contributed by atoms with van der Waals surface area (Å²) in [6.45, 7) is 4.26. The number of ether oxygens (including phenoxy) is 1. The highest BCUT2D eigenvalue weighted by Crippen LogP contribution is 2.24. The van der Waals surface area contributed by atoms with Crippen LogP contribution in [0.25, 0.3) is 0 Å². The highest BCUT2D eigenvalue weighted by Gasteiger charge is 2.36. The second-order valence-electron chi connectivity index (χ2n) is 5.76. The molecular weight excluding hydrogens is 310 g/mol. The third-order valence-corrected chi connectivity index (χ3v) is 4.98. The van der Waals surface area contributed by atoms with E-state index in [0.29, 0.717) is 6.54 Å². The van der Waals surface area contributed by atoms with E-state index in [1.54, 1.807) is 18.8 Å². The van der Waals surface area contributed by atoms with Crippen molar-refractivity contribution < 1.29 is 9.53 Å². The van der Waals surface area contributed by atoms with Crippen molar-refractivity contribution in [1.82, 2.24) is 10.2 Å². The lowest BCUT2D eigenvalue weighted by Crippen LogP contribution is -2.40. The van der Waals surface area contributed by atoms with E-state index >= 15 is 0 Å². The number of carbonyl (C=O) groups is 1. The molecule has 0 saturated carbocycles. The molecule has 0 radical (unpaired) electrons. The number of aliphatic imine (C=N–C) groups is 1. The fourth-order valence-corrected chi connectivity index (χ4v) is 3.26. The van der Waals surface area contributed by atoms with Crippen LogP contribution in [-0.4, -0.2) is 50.3 Å². The summed E-state index contributed by atoms with van der Waals surface area (Å²) in [4.78, 5) is 19.5. The quantitative estimate of drug-likeness (QED) is 0.396. The smallest absolute Gasteiger partial charge is 0.310 e. The highest BCUT2D eigenvalue weighted by molar-refractivity contribution is 7.98. The lowest BCUT2D eigenvalue weighted by Gasteiger charge is -2.21. The molecule has 126 valence electrons. The minimum Gasteiger partial charge on any atom is -0.469 e. The van der Waals surface area contributed by atoms with Crippen molar-refractivity contribution in [2.24, 2.45) is 16.8 Å². The zero-order valence-electron chi connectivity index (χ0n) is 14.2. The molecule has 0 spiro atoms. The molecule has 1 aliphatic rings. The van der Waals surface area contributed by atoms with E-state index in [0.717, 1.165) is 19.0 Å². The van der Waals surface area contributed by atoms with Crippen LogP contribution in [-0.2, 0) is 16.1 Å². The third-order valence-electron chi connectivity index (χ3n) is 4.24. The third kappa shape index (κ3) is 4.41. The minimum atomic E-state index is -0.136. The average Bonchev–Trinajstić information content (AvgIpc) is 2.97. The van der Waals surface area contributed by atoms with Gasteiger partial charge in [-0.15, -0.1) is 11.8 Å². The topological polar surface area (TPSA) is 53.9 Å². The van der Waals surface area contributed by atoms with Crippen LogP contribution in [0.3, 0.4) is 0 Å². The number of likely N-dealkylation sites (tertiary alicyclic amines) is 1. The minimum absolute atomic E-state index is 0.0839. The first-order valence-electron chi connectivity index (χ1n) is 7.75. The van der Waals surface area contributed by atoms with Gasteiger partial charge in [0.1, 0.15) is 0 Å². The summed E-state index contributed by atoms with van der Waals surface area (Å²) < 4.78 is 4.89. The average molecular weight is 335 g/mol. The number of nitrogens with one attached hydrogen (secondary N) is 1. The summed E-state index contributed by atoms with van der Waals surface area (Å²) in [7, 11) is 3.22. The zero-order valence-corrected chi connectivity index (χ0v) is 15.0. The molecule has 0 aromatic heterocycles. The standard InChI is InChI=1S/C17H25N3O2S/c1-12-10-20(11-15(12)16(21)22-3)17(18-2)19-9-13-5-7-14(23-4)8-6-13/h5-8,12,15H,9-11H2,1-4H3,(H,18,19). The molecule has 6 heteroatoms. The fraction of sp³-hybridized carbons (Fsp3) is 0.529. The number of hydrogen-bond donors (Lipinski definition) is 1. The SMILES string of the molecule is CN=C(NCc1ccc(SC)cc1)N1CC(C)C(C(=O)OC)C1. The number of nitrogens with zero attached hydrogens (tertiary/aromatic N) is 2. The Hall–Kier alpha value is -1.69. The molecular formula is C17H25N3O2S. The van der Waals surface area contributed by atoms with Gasteiger partial charge in [0, 0.05) is 31.6 Å². The van der Waals surface area contributed by atoms with Crippen molar-refractivity contribution in [3.63, 3.8) is 0 Å². The summed E-state index contributed by atoms with van der Waals surface area (Å²) in [5.74, 6) is 0.876. The molecule has 2 rings (SSSR count). The van der Waals surface area contributed by atoms with Crippen LogP contribution in [0.15, 0.2) is 34.2 Å². The van der Waals surface area contributed by atoms with Gasteiger partial charge in [-0.1, -0.05) is 19.1 Å². The zero-order chi connectivity index (χ0) is 16.8. The van der Waals surface area contributed by atoms with Gasteiger partial charge in [-0.3, -0.25) is 9.79 Å². The Morgan fingerprint density at radius 1 is 1.39 bits per heavy atom. The molecule has 0 aliphatic carbocycles. The van der Waals surface area contributed by atoms with E-state index in [2.05, 4.69) is 52.7 Å². The first-order valence-corrected chi connectivity index (χ1v) is 8.97. The Morgan fingerprint density at radius 3 is 2.65 bits per heavy atom. The monoisotopic (exact) mass is 335 g/mol. The number of carbonyl (C=O) groups excluding carboxylic acids is 1. The second kappa shape index (κ2) is 8.24. The van der Waals surface area contributed by atoms with Gasteiger partial charge < -0.3 is 15.0 Å². The van der Waals surface area contributed by atoms with Gasteiger partial charge in [0.25, 0.3) is 0 Å². The maximum atomic E-state index is 11.8. The lowest BCUT2D eigenvalue weighted by molar-refractivity contribution is -0.145. The van der Waals surface area contributed by atoms with Crippen molar-refractivity contribution in [3.8, 4) is 0 Å². The maximum absolute atomic E-state index is 11.8. The van der Waals surface area contributed by atoms with Crippen molar-refractivity contribution in [2.45, 2.75) is 18.4 Å². The van der Waals surface area contributed by atoms with Crippen LogP contribution in [0.4, 0.5) is 0 Å². The fourth-order valence-electron chi connectivity index (χ4n) is 2.85. The van der Waals surface area contributed by atoms with Gasteiger partial charge in [0.05, 0.1) is 13.0 Å². The van der Waals surface area contributed by atoms with Crippen LogP contribution in [0.1, 0.15) is 12.5 Å². The molecule has 5 nitrogen and oxygen atoms in total. The number of methoxy groups -OCH3 is 1. The second-order valence-corrected chi connectivity index (χ2v) is 6.64. The predicted octanol–water partition coefficient (Wildman–Crippen LogP) is 2.22. The van der Waals surface area contributed by atoms with E-state index in [4.69, 9.17) is 4.74 Å². The molecule has 0 bridgehead atoms. The molecule has 1 heterocycles. The van der Waals surface area contributed by atoms with Crippen molar-refractivity contribution in [1.29, 1.82) is 0 Å². The lowest BCUT2D eigenvalue weighted by atomic mass is 9.99. The molecule has 1 aromatic carbocycles. The normalized spacial score (nSPS) is 21.4.